The summed E-state index contributed by atoms with van der Waals surface area (Å²) in [5.74, 6) is 0.498. The third-order valence-corrected chi connectivity index (χ3v) is 3.92. The highest BCUT2D eigenvalue weighted by Gasteiger charge is 2.34. The molecule has 0 atom stereocenters. The molecule has 22 heavy (non-hydrogen) atoms. The summed E-state index contributed by atoms with van der Waals surface area (Å²) < 4.78 is 7.63. The molecule has 3 heterocycles. The van der Waals surface area contributed by atoms with E-state index in [2.05, 4.69) is 28.4 Å². The number of hydrogen-bond acceptors (Lipinski definition) is 3. The molecule has 1 amide bonds. The number of rotatable bonds is 2. The molecule has 3 rings (SSSR count). The van der Waals surface area contributed by atoms with Crippen molar-refractivity contribution in [1.29, 1.82) is 0 Å². The Morgan fingerprint density at radius 1 is 1.32 bits per heavy atom. The Morgan fingerprint density at radius 3 is 2.73 bits per heavy atom. The molecule has 0 saturated carbocycles. The summed E-state index contributed by atoms with van der Waals surface area (Å²) in [6.07, 6.45) is 4.52. The Morgan fingerprint density at radius 2 is 2.05 bits per heavy atom. The zero-order valence-corrected chi connectivity index (χ0v) is 13.7. The second-order valence-electron chi connectivity index (χ2n) is 7.09. The summed E-state index contributed by atoms with van der Waals surface area (Å²) in [6, 6.07) is 4.25. The minimum absolute atomic E-state index is 0.204. The van der Waals surface area contributed by atoms with Gasteiger partial charge in [0.2, 0.25) is 0 Å². The van der Waals surface area contributed by atoms with Crippen LogP contribution in [0, 0.1) is 12.8 Å². The van der Waals surface area contributed by atoms with E-state index in [-0.39, 0.29) is 6.09 Å². The second kappa shape index (κ2) is 5.30. The highest BCUT2D eigenvalue weighted by Crippen LogP contribution is 2.24. The number of nitrogens with zero attached hydrogens (tertiary/aromatic N) is 3. The lowest BCUT2D eigenvalue weighted by Crippen LogP contribution is -2.52. The fraction of sp³-hybridized carbons (Fsp3) is 0.529. The third-order valence-electron chi connectivity index (χ3n) is 3.92. The number of aromatic nitrogens is 2. The Balaban J connectivity index is 1.61. The van der Waals surface area contributed by atoms with Gasteiger partial charge in [-0.25, -0.2) is 4.79 Å². The molecule has 0 aromatic carbocycles. The van der Waals surface area contributed by atoms with Gasteiger partial charge in [-0.15, -0.1) is 0 Å². The average Bonchev–Trinajstić information content (AvgIpc) is 2.75. The molecule has 0 aliphatic carbocycles. The van der Waals surface area contributed by atoms with E-state index >= 15 is 0 Å². The number of fused-ring (bicyclic) bond motifs is 1. The molecule has 1 aliphatic rings. The smallest absolute Gasteiger partial charge is 0.410 e. The molecule has 5 nitrogen and oxygen atoms in total. The van der Waals surface area contributed by atoms with Crippen molar-refractivity contribution in [3.05, 3.63) is 35.9 Å². The van der Waals surface area contributed by atoms with Crippen molar-refractivity contribution in [3.63, 3.8) is 0 Å². The van der Waals surface area contributed by atoms with Gasteiger partial charge >= 0.3 is 6.09 Å². The van der Waals surface area contributed by atoms with Gasteiger partial charge in [0.15, 0.2) is 0 Å². The van der Waals surface area contributed by atoms with Crippen LogP contribution in [0.4, 0.5) is 4.79 Å². The van der Waals surface area contributed by atoms with Gasteiger partial charge in [0.05, 0.1) is 11.7 Å². The van der Waals surface area contributed by atoms with Crippen LogP contribution in [-0.2, 0) is 11.2 Å². The highest BCUT2D eigenvalue weighted by atomic mass is 16.6. The van der Waals surface area contributed by atoms with Gasteiger partial charge in [-0.3, -0.25) is 4.98 Å². The molecular formula is C17H23N3O2. The van der Waals surface area contributed by atoms with Crippen molar-refractivity contribution in [2.75, 3.05) is 13.1 Å². The molecule has 0 unspecified atom stereocenters. The topological polar surface area (TPSA) is 46.8 Å². The first-order chi connectivity index (χ1) is 10.3. The van der Waals surface area contributed by atoms with E-state index in [1.807, 2.05) is 33.2 Å². The quantitative estimate of drug-likeness (QED) is 0.856. The number of carbonyl (C=O) groups excluding carboxylic acids is 1. The minimum Gasteiger partial charge on any atom is -0.444 e. The van der Waals surface area contributed by atoms with Gasteiger partial charge in [-0.2, -0.15) is 0 Å². The Kier molecular flexibility index (Phi) is 3.59. The van der Waals surface area contributed by atoms with Crippen molar-refractivity contribution in [2.45, 2.75) is 39.7 Å². The van der Waals surface area contributed by atoms with Crippen LogP contribution in [0.25, 0.3) is 5.52 Å². The molecule has 0 N–H and O–H groups in total. The van der Waals surface area contributed by atoms with E-state index in [0.717, 1.165) is 30.7 Å². The van der Waals surface area contributed by atoms with Crippen LogP contribution < -0.4 is 0 Å². The van der Waals surface area contributed by atoms with Gasteiger partial charge in [-0.1, -0.05) is 0 Å². The van der Waals surface area contributed by atoms with Crippen LogP contribution in [0.3, 0.4) is 0 Å². The first-order valence-corrected chi connectivity index (χ1v) is 7.72. The zero-order chi connectivity index (χ0) is 15.9. The number of amides is 1. The fourth-order valence-electron chi connectivity index (χ4n) is 2.94. The van der Waals surface area contributed by atoms with Crippen molar-refractivity contribution < 1.29 is 9.53 Å². The van der Waals surface area contributed by atoms with Crippen molar-refractivity contribution in [2.24, 2.45) is 5.92 Å². The maximum Gasteiger partial charge on any atom is 0.410 e. The van der Waals surface area contributed by atoms with Crippen LogP contribution in [0.5, 0.6) is 0 Å². The summed E-state index contributed by atoms with van der Waals surface area (Å²) in [7, 11) is 0. The predicted octanol–water partition coefficient (Wildman–Crippen LogP) is 3.05. The second-order valence-corrected chi connectivity index (χ2v) is 7.09. The lowest BCUT2D eigenvalue weighted by Gasteiger charge is -2.39. The number of hydrogen-bond donors (Lipinski definition) is 0. The highest BCUT2D eigenvalue weighted by molar-refractivity contribution is 5.69. The van der Waals surface area contributed by atoms with Crippen LogP contribution >= 0.6 is 0 Å². The molecule has 1 fully saturated rings. The first-order valence-electron chi connectivity index (χ1n) is 7.72. The maximum absolute atomic E-state index is 11.9. The lowest BCUT2D eigenvalue weighted by molar-refractivity contribution is -0.00103. The molecule has 2 aromatic heterocycles. The number of carbonyl (C=O) groups is 1. The van der Waals surface area contributed by atoms with Gasteiger partial charge < -0.3 is 14.0 Å². The van der Waals surface area contributed by atoms with E-state index in [0.29, 0.717) is 5.92 Å². The van der Waals surface area contributed by atoms with Crippen LogP contribution in [-0.4, -0.2) is 39.1 Å². The van der Waals surface area contributed by atoms with Crippen LogP contribution in [0.2, 0.25) is 0 Å². The zero-order valence-electron chi connectivity index (χ0n) is 13.7. The summed E-state index contributed by atoms with van der Waals surface area (Å²) in [5.41, 5.74) is 3.12. The Bertz CT molecular complexity index is 693. The van der Waals surface area contributed by atoms with Gasteiger partial charge in [-0.05, 0) is 52.2 Å². The van der Waals surface area contributed by atoms with E-state index < -0.39 is 5.60 Å². The van der Waals surface area contributed by atoms with E-state index in [1.165, 1.54) is 5.69 Å². The first kappa shape index (κ1) is 14.9. The molecule has 2 aromatic rings. The van der Waals surface area contributed by atoms with Crippen molar-refractivity contribution in [1.82, 2.24) is 14.3 Å². The molecule has 0 spiro atoms. The van der Waals surface area contributed by atoms with Crippen molar-refractivity contribution >= 4 is 11.6 Å². The standard InChI is InChI=1S/C17H23N3O2/c1-12-8-18-9-15-6-5-14(20(12)15)7-13-10-19(11-13)16(21)22-17(2,3)4/h5-6,8-9,13H,7,10-11H2,1-4H3. The molecule has 1 aliphatic heterocycles. The normalized spacial score (nSPS) is 15.9. The van der Waals surface area contributed by atoms with Crippen LogP contribution in [0.15, 0.2) is 24.5 Å². The van der Waals surface area contributed by atoms with E-state index in [9.17, 15) is 4.79 Å². The summed E-state index contributed by atoms with van der Waals surface area (Å²) in [4.78, 5) is 17.9. The SMILES string of the molecule is Cc1cncc2ccc(CC3CN(C(=O)OC(C)(C)C)C3)n12. The number of likely N-dealkylation sites (tertiary alicyclic amines) is 1. The van der Waals surface area contributed by atoms with E-state index in [4.69, 9.17) is 4.74 Å². The van der Waals surface area contributed by atoms with Crippen molar-refractivity contribution in [3.8, 4) is 0 Å². The minimum atomic E-state index is -0.427. The molecule has 0 bridgehead atoms. The van der Waals surface area contributed by atoms with Crippen LogP contribution in [0.1, 0.15) is 32.2 Å². The largest absolute Gasteiger partial charge is 0.444 e. The molecule has 0 radical (unpaired) electrons. The number of aryl methyl sites for hydroxylation is 1. The predicted molar refractivity (Wildman–Crippen MR) is 84.9 cm³/mol. The summed E-state index contributed by atoms with van der Waals surface area (Å²) in [5, 5.41) is 0. The Labute approximate surface area is 130 Å². The van der Waals surface area contributed by atoms with Gasteiger partial charge in [0.25, 0.3) is 0 Å². The third kappa shape index (κ3) is 2.93. The van der Waals surface area contributed by atoms with Gasteiger partial charge in [0, 0.05) is 30.7 Å². The summed E-state index contributed by atoms with van der Waals surface area (Å²) >= 11 is 0. The Hall–Kier alpha value is -2.04. The van der Waals surface area contributed by atoms with Gasteiger partial charge in [0.1, 0.15) is 5.60 Å². The fourth-order valence-corrected chi connectivity index (χ4v) is 2.94. The van der Waals surface area contributed by atoms with E-state index in [1.54, 1.807) is 4.90 Å². The average molecular weight is 301 g/mol. The lowest BCUT2D eigenvalue weighted by atomic mass is 9.95. The molecular weight excluding hydrogens is 278 g/mol. The maximum atomic E-state index is 11.9. The molecule has 118 valence electrons. The molecule has 5 heteroatoms. The number of ether oxygens (including phenoxy) is 1. The molecule has 1 saturated heterocycles. The summed E-state index contributed by atoms with van der Waals surface area (Å²) in [6.45, 7) is 9.29. The monoisotopic (exact) mass is 301 g/mol.